The molecule has 0 saturated heterocycles. The number of rotatable bonds is 4. The maximum Gasteiger partial charge on any atom is 0.306 e. The first-order valence-corrected chi connectivity index (χ1v) is 7.09. The summed E-state index contributed by atoms with van der Waals surface area (Å²) in [7, 11) is 0. The predicted molar refractivity (Wildman–Crippen MR) is 69.9 cm³/mol. The molecule has 2 atom stereocenters. The van der Waals surface area contributed by atoms with Crippen LogP contribution in [0.25, 0.3) is 0 Å². The van der Waals surface area contributed by atoms with E-state index in [9.17, 15) is 9.59 Å². The summed E-state index contributed by atoms with van der Waals surface area (Å²) >= 11 is 1.44. The largest absolute Gasteiger partial charge is 0.481 e. The van der Waals surface area contributed by atoms with E-state index in [1.807, 2.05) is 18.4 Å². The second-order valence-corrected chi connectivity index (χ2v) is 5.56. The number of carboxylic acids is 1. The molecular weight excluding hydrogens is 250 g/mol. The van der Waals surface area contributed by atoms with Crippen LogP contribution in [0.5, 0.6) is 0 Å². The van der Waals surface area contributed by atoms with Gasteiger partial charge >= 0.3 is 5.97 Å². The predicted octanol–water partition coefficient (Wildman–Crippen LogP) is 2.29. The minimum Gasteiger partial charge on any atom is -0.481 e. The molecule has 0 aliphatic heterocycles. The van der Waals surface area contributed by atoms with E-state index >= 15 is 0 Å². The molecule has 2 N–H and O–H groups in total. The second kappa shape index (κ2) is 5.52. The van der Waals surface area contributed by atoms with Crippen LogP contribution in [0.4, 0.5) is 0 Å². The van der Waals surface area contributed by atoms with Crippen molar-refractivity contribution in [1.29, 1.82) is 0 Å². The van der Waals surface area contributed by atoms with Gasteiger partial charge in [-0.3, -0.25) is 9.59 Å². The summed E-state index contributed by atoms with van der Waals surface area (Å²) in [5, 5.41) is 13.8. The van der Waals surface area contributed by atoms with E-state index in [1.165, 1.54) is 11.3 Å². The zero-order valence-corrected chi connectivity index (χ0v) is 11.1. The molecule has 0 aromatic carbocycles. The van der Waals surface area contributed by atoms with Crippen LogP contribution in [0.3, 0.4) is 0 Å². The number of aryl methyl sites for hydroxylation is 1. The maximum absolute atomic E-state index is 12.1. The summed E-state index contributed by atoms with van der Waals surface area (Å²) in [4.78, 5) is 23.7. The van der Waals surface area contributed by atoms with Crippen LogP contribution in [0, 0.1) is 5.92 Å². The first-order chi connectivity index (χ1) is 8.61. The Balaban J connectivity index is 1.95. The van der Waals surface area contributed by atoms with Crippen molar-refractivity contribution in [3.8, 4) is 0 Å². The van der Waals surface area contributed by atoms with E-state index in [1.54, 1.807) is 0 Å². The lowest BCUT2D eigenvalue weighted by Crippen LogP contribution is -2.33. The van der Waals surface area contributed by atoms with Gasteiger partial charge in [0.05, 0.1) is 10.8 Å². The van der Waals surface area contributed by atoms with E-state index in [0.717, 1.165) is 23.3 Å². The molecule has 18 heavy (non-hydrogen) atoms. The second-order valence-electron chi connectivity index (χ2n) is 4.65. The summed E-state index contributed by atoms with van der Waals surface area (Å²) in [6, 6.07) is 1.97. The fourth-order valence-corrected chi connectivity index (χ4v) is 3.30. The van der Waals surface area contributed by atoms with Gasteiger partial charge in [-0.25, -0.2) is 0 Å². The van der Waals surface area contributed by atoms with E-state index in [4.69, 9.17) is 5.11 Å². The zero-order chi connectivity index (χ0) is 13.1. The quantitative estimate of drug-likeness (QED) is 0.879. The summed E-state index contributed by atoms with van der Waals surface area (Å²) < 4.78 is 0. The molecule has 1 aliphatic rings. The molecule has 1 aromatic rings. The third-order valence-electron chi connectivity index (χ3n) is 3.45. The highest BCUT2D eigenvalue weighted by atomic mass is 32.1. The standard InChI is InChI=1S/C13H17NO3S/c1-2-8-5-6-18-11(8)12(15)14-10-4-3-9(7-10)13(16)17/h5-6,9-10H,2-4,7H2,1H3,(H,14,15)(H,16,17). The number of carbonyl (C=O) groups is 2. The van der Waals surface area contributed by atoms with Gasteiger partial charge in [-0.05, 0) is 42.7 Å². The lowest BCUT2D eigenvalue weighted by atomic mass is 10.1. The molecule has 0 bridgehead atoms. The van der Waals surface area contributed by atoms with Crippen LogP contribution < -0.4 is 5.32 Å². The first-order valence-electron chi connectivity index (χ1n) is 6.21. The highest BCUT2D eigenvalue weighted by molar-refractivity contribution is 7.12. The highest BCUT2D eigenvalue weighted by Gasteiger charge is 2.31. The average Bonchev–Trinajstić information content (AvgIpc) is 2.96. The SMILES string of the molecule is CCc1ccsc1C(=O)NC1CCC(C(=O)O)C1. The third kappa shape index (κ3) is 2.72. The number of carbonyl (C=O) groups excluding carboxylic acids is 1. The fraction of sp³-hybridized carbons (Fsp3) is 0.538. The van der Waals surface area contributed by atoms with Gasteiger partial charge in [-0.15, -0.1) is 11.3 Å². The van der Waals surface area contributed by atoms with Gasteiger partial charge in [0.2, 0.25) is 0 Å². The molecule has 1 aromatic heterocycles. The van der Waals surface area contributed by atoms with Crippen LogP contribution in [0.2, 0.25) is 0 Å². The number of nitrogens with one attached hydrogen (secondary N) is 1. The van der Waals surface area contributed by atoms with Crippen molar-refractivity contribution in [2.24, 2.45) is 5.92 Å². The van der Waals surface area contributed by atoms with E-state index in [-0.39, 0.29) is 17.9 Å². The van der Waals surface area contributed by atoms with E-state index < -0.39 is 5.97 Å². The number of thiophene rings is 1. The normalized spacial score (nSPS) is 22.9. The Bertz CT molecular complexity index is 455. The lowest BCUT2D eigenvalue weighted by Gasteiger charge is -2.12. The van der Waals surface area contributed by atoms with Crippen molar-refractivity contribution < 1.29 is 14.7 Å². The Morgan fingerprint density at radius 2 is 2.28 bits per heavy atom. The summed E-state index contributed by atoms with van der Waals surface area (Å²) in [6.45, 7) is 2.02. The molecule has 1 saturated carbocycles. The van der Waals surface area contributed by atoms with Crippen molar-refractivity contribution in [2.45, 2.75) is 38.6 Å². The number of aliphatic carboxylic acids is 1. The Morgan fingerprint density at radius 3 is 2.89 bits per heavy atom. The maximum atomic E-state index is 12.1. The van der Waals surface area contributed by atoms with Crippen molar-refractivity contribution in [1.82, 2.24) is 5.32 Å². The van der Waals surface area contributed by atoms with Crippen LogP contribution in [-0.4, -0.2) is 23.0 Å². The van der Waals surface area contributed by atoms with Crippen LogP contribution in [-0.2, 0) is 11.2 Å². The Labute approximate surface area is 110 Å². The molecule has 1 amide bonds. The smallest absolute Gasteiger partial charge is 0.306 e. The van der Waals surface area contributed by atoms with Crippen LogP contribution in [0.1, 0.15) is 41.4 Å². The molecular formula is C13H17NO3S. The minimum atomic E-state index is -0.753. The summed E-state index contributed by atoms with van der Waals surface area (Å²) in [6.07, 6.45) is 2.81. The van der Waals surface area contributed by atoms with Gasteiger partial charge < -0.3 is 10.4 Å². The Hall–Kier alpha value is -1.36. The number of amides is 1. The lowest BCUT2D eigenvalue weighted by molar-refractivity contribution is -0.141. The van der Waals surface area contributed by atoms with Gasteiger partial charge in [0.25, 0.3) is 5.91 Å². The van der Waals surface area contributed by atoms with Gasteiger partial charge in [0, 0.05) is 6.04 Å². The molecule has 1 heterocycles. The molecule has 5 heteroatoms. The highest BCUT2D eigenvalue weighted by Crippen LogP contribution is 2.26. The van der Waals surface area contributed by atoms with Gasteiger partial charge in [0.15, 0.2) is 0 Å². The van der Waals surface area contributed by atoms with Crippen LogP contribution in [0.15, 0.2) is 11.4 Å². The number of hydrogen-bond acceptors (Lipinski definition) is 3. The van der Waals surface area contributed by atoms with Crippen molar-refractivity contribution in [2.75, 3.05) is 0 Å². The summed E-state index contributed by atoms with van der Waals surface area (Å²) in [5.74, 6) is -1.11. The number of carboxylic acid groups (broad SMARTS) is 1. The fourth-order valence-electron chi connectivity index (χ4n) is 2.40. The van der Waals surface area contributed by atoms with Gasteiger partial charge in [-0.2, -0.15) is 0 Å². The minimum absolute atomic E-state index is 0.00501. The topological polar surface area (TPSA) is 66.4 Å². The first kappa shape index (κ1) is 13.1. The van der Waals surface area contributed by atoms with Crippen molar-refractivity contribution in [3.63, 3.8) is 0 Å². The molecule has 4 nitrogen and oxygen atoms in total. The zero-order valence-electron chi connectivity index (χ0n) is 10.3. The molecule has 0 radical (unpaired) electrons. The molecule has 1 aliphatic carbocycles. The molecule has 98 valence electrons. The van der Waals surface area contributed by atoms with E-state index in [2.05, 4.69) is 5.32 Å². The monoisotopic (exact) mass is 267 g/mol. The van der Waals surface area contributed by atoms with Crippen molar-refractivity contribution >= 4 is 23.2 Å². The van der Waals surface area contributed by atoms with Crippen LogP contribution >= 0.6 is 11.3 Å². The molecule has 0 spiro atoms. The molecule has 2 rings (SSSR count). The number of hydrogen-bond donors (Lipinski definition) is 2. The Morgan fingerprint density at radius 1 is 1.50 bits per heavy atom. The van der Waals surface area contributed by atoms with Gasteiger partial charge in [0.1, 0.15) is 0 Å². The van der Waals surface area contributed by atoms with Crippen molar-refractivity contribution in [3.05, 3.63) is 21.9 Å². The Kier molecular flexibility index (Phi) is 4.01. The average molecular weight is 267 g/mol. The third-order valence-corrected chi connectivity index (χ3v) is 4.41. The van der Waals surface area contributed by atoms with E-state index in [0.29, 0.717) is 12.8 Å². The van der Waals surface area contributed by atoms with Gasteiger partial charge in [-0.1, -0.05) is 6.92 Å². The molecule has 2 unspecified atom stereocenters. The summed E-state index contributed by atoms with van der Waals surface area (Å²) in [5.41, 5.74) is 1.06. The molecule has 1 fully saturated rings.